The van der Waals surface area contributed by atoms with Gasteiger partial charge in [0, 0.05) is 18.3 Å². The van der Waals surface area contributed by atoms with E-state index in [4.69, 9.17) is 9.47 Å². The smallest absolute Gasteiger partial charge is 0.177 e. The van der Waals surface area contributed by atoms with E-state index in [1.807, 2.05) is 0 Å². The lowest BCUT2D eigenvalue weighted by Gasteiger charge is -2.47. The first-order valence-corrected chi connectivity index (χ1v) is 5.94. The van der Waals surface area contributed by atoms with E-state index in [1.54, 1.807) is 0 Å². The maximum atomic E-state index is 10.8. The Balaban J connectivity index is 2.39. The number of allylic oxidation sites excluding steroid dienone is 1. The summed E-state index contributed by atoms with van der Waals surface area (Å²) in [5.41, 5.74) is 2.31. The van der Waals surface area contributed by atoms with Crippen molar-refractivity contribution in [2.45, 2.75) is 45.8 Å². The van der Waals surface area contributed by atoms with E-state index in [9.17, 15) is 4.79 Å². The van der Waals surface area contributed by atoms with Crippen molar-refractivity contribution in [2.75, 3.05) is 13.2 Å². The molecular weight excluding hydrogens is 204 g/mol. The molecule has 0 atom stereocenters. The van der Waals surface area contributed by atoms with Crippen molar-refractivity contribution in [3.05, 3.63) is 11.1 Å². The molecule has 0 unspecified atom stereocenters. The maximum Gasteiger partial charge on any atom is 0.177 e. The van der Waals surface area contributed by atoms with Crippen molar-refractivity contribution in [2.24, 2.45) is 5.41 Å². The van der Waals surface area contributed by atoms with Gasteiger partial charge in [-0.05, 0) is 13.3 Å². The summed E-state index contributed by atoms with van der Waals surface area (Å²) < 4.78 is 11.7. The molecule has 1 fully saturated rings. The highest BCUT2D eigenvalue weighted by Gasteiger charge is 2.53. The zero-order valence-electron chi connectivity index (χ0n) is 10.3. The lowest BCUT2D eigenvalue weighted by atomic mass is 9.67. The van der Waals surface area contributed by atoms with Crippen molar-refractivity contribution in [1.29, 1.82) is 0 Å². The van der Waals surface area contributed by atoms with Crippen molar-refractivity contribution < 1.29 is 14.3 Å². The summed E-state index contributed by atoms with van der Waals surface area (Å²) in [6, 6.07) is 0. The summed E-state index contributed by atoms with van der Waals surface area (Å²) in [5.74, 6) is -0.495. The Bertz CT molecular complexity index is 322. The van der Waals surface area contributed by atoms with Gasteiger partial charge in [-0.25, -0.2) is 0 Å². The minimum atomic E-state index is -0.495. The molecule has 16 heavy (non-hydrogen) atoms. The molecule has 0 aromatic carbocycles. The van der Waals surface area contributed by atoms with Crippen molar-refractivity contribution in [3.63, 3.8) is 0 Å². The van der Waals surface area contributed by atoms with Gasteiger partial charge in [-0.3, -0.25) is 0 Å². The number of carbonyl (C=O) groups excluding carboxylic acids is 1. The fourth-order valence-corrected chi connectivity index (χ4v) is 3.05. The van der Waals surface area contributed by atoms with Crippen molar-refractivity contribution in [1.82, 2.24) is 0 Å². The van der Waals surface area contributed by atoms with Crippen LogP contribution in [0.5, 0.6) is 0 Å². The van der Waals surface area contributed by atoms with Crippen LogP contribution in [0.4, 0.5) is 0 Å². The SMILES string of the molecule is CC1=C(CC=O)C(C)(C)C2(CC1)OCCO2. The number of rotatable bonds is 2. The predicted octanol–water partition coefficient (Wildman–Crippen LogP) is 2.46. The van der Waals surface area contributed by atoms with Crippen LogP contribution in [-0.4, -0.2) is 25.3 Å². The van der Waals surface area contributed by atoms with Gasteiger partial charge in [-0.15, -0.1) is 0 Å². The maximum absolute atomic E-state index is 10.8. The topological polar surface area (TPSA) is 35.5 Å². The Morgan fingerprint density at radius 1 is 1.31 bits per heavy atom. The fraction of sp³-hybridized carbons (Fsp3) is 0.769. The average Bonchev–Trinajstić information content (AvgIpc) is 2.70. The molecule has 1 aliphatic heterocycles. The monoisotopic (exact) mass is 224 g/mol. The second-order valence-corrected chi connectivity index (χ2v) is 5.20. The molecule has 3 heteroatoms. The molecule has 0 radical (unpaired) electrons. The molecule has 1 aliphatic carbocycles. The first-order valence-electron chi connectivity index (χ1n) is 5.94. The van der Waals surface area contributed by atoms with Gasteiger partial charge in [-0.2, -0.15) is 0 Å². The molecule has 2 rings (SSSR count). The molecule has 0 aromatic heterocycles. The van der Waals surface area contributed by atoms with E-state index in [2.05, 4.69) is 20.8 Å². The molecule has 1 saturated heterocycles. The van der Waals surface area contributed by atoms with Gasteiger partial charge in [0.1, 0.15) is 6.29 Å². The summed E-state index contributed by atoms with van der Waals surface area (Å²) in [4.78, 5) is 10.8. The second-order valence-electron chi connectivity index (χ2n) is 5.20. The van der Waals surface area contributed by atoms with Gasteiger partial charge in [0.2, 0.25) is 0 Å². The summed E-state index contributed by atoms with van der Waals surface area (Å²) in [6.07, 6.45) is 3.34. The van der Waals surface area contributed by atoms with Crippen LogP contribution in [0.3, 0.4) is 0 Å². The van der Waals surface area contributed by atoms with Crippen molar-refractivity contribution >= 4 is 6.29 Å². The number of hydrogen-bond donors (Lipinski definition) is 0. The zero-order valence-corrected chi connectivity index (χ0v) is 10.3. The average molecular weight is 224 g/mol. The van der Waals surface area contributed by atoms with Crippen LogP contribution in [0, 0.1) is 5.41 Å². The number of hydrogen-bond acceptors (Lipinski definition) is 3. The Hall–Kier alpha value is -0.670. The van der Waals surface area contributed by atoms with Gasteiger partial charge in [0.25, 0.3) is 0 Å². The normalized spacial score (nSPS) is 27.4. The van der Waals surface area contributed by atoms with Crippen molar-refractivity contribution in [3.8, 4) is 0 Å². The second kappa shape index (κ2) is 3.97. The molecule has 1 heterocycles. The third kappa shape index (κ3) is 1.54. The largest absolute Gasteiger partial charge is 0.347 e. The van der Waals surface area contributed by atoms with Crippen LogP contribution in [0.25, 0.3) is 0 Å². The lowest BCUT2D eigenvalue weighted by molar-refractivity contribution is -0.224. The van der Waals surface area contributed by atoms with Gasteiger partial charge < -0.3 is 14.3 Å². The van der Waals surface area contributed by atoms with E-state index in [0.29, 0.717) is 19.6 Å². The lowest BCUT2D eigenvalue weighted by Crippen LogP contribution is -2.49. The molecule has 0 saturated carbocycles. The molecule has 1 spiro atoms. The van der Waals surface area contributed by atoms with E-state index in [0.717, 1.165) is 19.1 Å². The highest BCUT2D eigenvalue weighted by Crippen LogP contribution is 2.52. The van der Waals surface area contributed by atoms with E-state index < -0.39 is 5.79 Å². The van der Waals surface area contributed by atoms with E-state index in [1.165, 1.54) is 11.1 Å². The van der Waals surface area contributed by atoms with Crippen LogP contribution in [0.2, 0.25) is 0 Å². The van der Waals surface area contributed by atoms with Gasteiger partial charge in [0.05, 0.1) is 13.2 Å². The first kappa shape index (κ1) is 11.8. The summed E-state index contributed by atoms with van der Waals surface area (Å²) in [5, 5.41) is 0. The standard InChI is InChI=1S/C13H20O3/c1-10-4-6-13(15-8-9-16-13)12(2,3)11(10)5-7-14/h7H,4-6,8-9H2,1-3H3. The van der Waals surface area contributed by atoms with Crippen LogP contribution in [0.15, 0.2) is 11.1 Å². The summed E-state index contributed by atoms with van der Waals surface area (Å²) in [7, 11) is 0. The minimum absolute atomic E-state index is 0.202. The molecule has 0 aromatic rings. The predicted molar refractivity (Wildman–Crippen MR) is 61.0 cm³/mol. The molecule has 0 bridgehead atoms. The molecular formula is C13H20O3. The third-order valence-corrected chi connectivity index (χ3v) is 4.09. The summed E-state index contributed by atoms with van der Waals surface area (Å²) >= 11 is 0. The van der Waals surface area contributed by atoms with Crippen LogP contribution < -0.4 is 0 Å². The minimum Gasteiger partial charge on any atom is -0.347 e. The molecule has 3 nitrogen and oxygen atoms in total. The van der Waals surface area contributed by atoms with Crippen LogP contribution in [0.1, 0.15) is 40.0 Å². The van der Waals surface area contributed by atoms with Crippen LogP contribution in [-0.2, 0) is 14.3 Å². The first-order chi connectivity index (χ1) is 7.53. The number of ether oxygens (including phenoxy) is 2. The van der Waals surface area contributed by atoms with E-state index >= 15 is 0 Å². The Labute approximate surface area is 96.8 Å². The molecule has 2 aliphatic rings. The zero-order chi connectivity index (χ0) is 11.8. The Morgan fingerprint density at radius 2 is 1.94 bits per heavy atom. The molecule has 90 valence electrons. The number of aldehydes is 1. The third-order valence-electron chi connectivity index (χ3n) is 4.09. The number of carbonyl (C=O) groups is 1. The van der Waals surface area contributed by atoms with Crippen LogP contribution >= 0.6 is 0 Å². The van der Waals surface area contributed by atoms with Gasteiger partial charge in [-0.1, -0.05) is 25.0 Å². The quantitative estimate of drug-likeness (QED) is 0.534. The Kier molecular flexibility index (Phi) is 2.93. The summed E-state index contributed by atoms with van der Waals surface area (Å²) in [6.45, 7) is 7.69. The van der Waals surface area contributed by atoms with Gasteiger partial charge in [0.15, 0.2) is 5.79 Å². The van der Waals surface area contributed by atoms with E-state index in [-0.39, 0.29) is 5.41 Å². The molecule has 0 amide bonds. The Morgan fingerprint density at radius 3 is 2.50 bits per heavy atom. The highest BCUT2D eigenvalue weighted by atomic mass is 16.7. The molecule has 0 N–H and O–H groups in total. The highest BCUT2D eigenvalue weighted by molar-refractivity contribution is 5.56. The van der Waals surface area contributed by atoms with Gasteiger partial charge >= 0.3 is 0 Å². The fourth-order valence-electron chi connectivity index (χ4n) is 3.05.